The van der Waals surface area contributed by atoms with E-state index in [2.05, 4.69) is 40.1 Å². The molecule has 2 atom stereocenters. The molecule has 3 nitrogen and oxygen atoms in total. The third-order valence-electron chi connectivity index (χ3n) is 2.86. The smallest absolute Gasteiger partial charge is 0.237 e. The van der Waals surface area contributed by atoms with Crippen molar-refractivity contribution in [1.82, 2.24) is 10.6 Å². The molecule has 86 valence electrons. The van der Waals surface area contributed by atoms with Crippen LogP contribution >= 0.6 is 15.9 Å². The van der Waals surface area contributed by atoms with Gasteiger partial charge in [-0.25, -0.2) is 0 Å². The minimum Gasteiger partial charge on any atom is -0.350 e. The standard InChI is InChI=1S/C11H19BrN2O/c1-3-9-4-5-13-10(6-9)11(15)14-7-8(2)12/h9-10,13H,2-7H2,1H3,(H,14,15). The summed E-state index contributed by atoms with van der Waals surface area (Å²) in [7, 11) is 0. The number of carbonyl (C=O) groups excluding carboxylic acids is 1. The molecule has 1 rings (SSSR count). The summed E-state index contributed by atoms with van der Waals surface area (Å²) in [5, 5.41) is 6.10. The number of halogens is 1. The molecular weight excluding hydrogens is 256 g/mol. The molecule has 1 saturated heterocycles. The van der Waals surface area contributed by atoms with E-state index in [1.54, 1.807) is 0 Å². The molecular formula is C11H19BrN2O. The highest BCUT2D eigenvalue weighted by Gasteiger charge is 2.25. The van der Waals surface area contributed by atoms with Crippen LogP contribution in [-0.4, -0.2) is 25.0 Å². The molecule has 2 unspecified atom stereocenters. The number of rotatable bonds is 4. The molecule has 0 bridgehead atoms. The fraction of sp³-hybridized carbons (Fsp3) is 0.727. The number of hydrogen-bond acceptors (Lipinski definition) is 2. The van der Waals surface area contributed by atoms with Gasteiger partial charge in [0.2, 0.25) is 5.91 Å². The van der Waals surface area contributed by atoms with Crippen LogP contribution in [0, 0.1) is 5.92 Å². The van der Waals surface area contributed by atoms with Crippen LogP contribution in [0.2, 0.25) is 0 Å². The fourth-order valence-corrected chi connectivity index (χ4v) is 2.01. The van der Waals surface area contributed by atoms with Crippen LogP contribution in [0.25, 0.3) is 0 Å². The summed E-state index contributed by atoms with van der Waals surface area (Å²) in [5.41, 5.74) is 0. The summed E-state index contributed by atoms with van der Waals surface area (Å²) in [6.07, 6.45) is 3.30. The Morgan fingerprint density at radius 3 is 3.00 bits per heavy atom. The van der Waals surface area contributed by atoms with E-state index in [0.717, 1.165) is 23.9 Å². The Morgan fingerprint density at radius 1 is 1.67 bits per heavy atom. The maximum absolute atomic E-state index is 11.7. The van der Waals surface area contributed by atoms with Gasteiger partial charge in [-0.05, 0) is 25.3 Å². The van der Waals surface area contributed by atoms with Gasteiger partial charge >= 0.3 is 0 Å². The van der Waals surface area contributed by atoms with E-state index in [-0.39, 0.29) is 11.9 Å². The summed E-state index contributed by atoms with van der Waals surface area (Å²) in [5.74, 6) is 0.780. The number of piperidine rings is 1. The molecule has 1 amide bonds. The Balaban J connectivity index is 2.35. The van der Waals surface area contributed by atoms with E-state index < -0.39 is 0 Å². The first-order valence-corrected chi connectivity index (χ1v) is 6.27. The van der Waals surface area contributed by atoms with E-state index in [1.807, 2.05) is 0 Å². The lowest BCUT2D eigenvalue weighted by molar-refractivity contribution is -0.123. The largest absolute Gasteiger partial charge is 0.350 e. The first-order valence-electron chi connectivity index (χ1n) is 5.47. The molecule has 1 fully saturated rings. The Hall–Kier alpha value is -0.350. The van der Waals surface area contributed by atoms with Crippen LogP contribution < -0.4 is 10.6 Å². The van der Waals surface area contributed by atoms with Gasteiger partial charge in [-0.2, -0.15) is 0 Å². The zero-order valence-electron chi connectivity index (χ0n) is 9.18. The normalized spacial score (nSPS) is 26.0. The third-order valence-corrected chi connectivity index (χ3v) is 3.14. The highest BCUT2D eigenvalue weighted by Crippen LogP contribution is 2.19. The number of hydrogen-bond donors (Lipinski definition) is 2. The molecule has 0 radical (unpaired) electrons. The lowest BCUT2D eigenvalue weighted by Crippen LogP contribution is -2.48. The molecule has 0 aliphatic carbocycles. The van der Waals surface area contributed by atoms with Crippen molar-refractivity contribution in [3.05, 3.63) is 11.1 Å². The van der Waals surface area contributed by atoms with Gasteiger partial charge in [0.25, 0.3) is 0 Å². The molecule has 0 aromatic heterocycles. The van der Waals surface area contributed by atoms with E-state index >= 15 is 0 Å². The van der Waals surface area contributed by atoms with Gasteiger partial charge in [0, 0.05) is 11.0 Å². The predicted molar refractivity (Wildman–Crippen MR) is 65.9 cm³/mol. The summed E-state index contributed by atoms with van der Waals surface area (Å²) in [6.45, 7) is 7.33. The van der Waals surface area contributed by atoms with Crippen molar-refractivity contribution in [2.45, 2.75) is 32.2 Å². The Kier molecular flexibility index (Phi) is 5.32. The van der Waals surface area contributed by atoms with Gasteiger partial charge in [-0.1, -0.05) is 35.9 Å². The predicted octanol–water partition coefficient (Wildman–Crippen LogP) is 1.79. The molecule has 0 aromatic rings. The summed E-state index contributed by atoms with van der Waals surface area (Å²) >= 11 is 3.22. The van der Waals surface area contributed by atoms with Crippen molar-refractivity contribution >= 4 is 21.8 Å². The van der Waals surface area contributed by atoms with Crippen molar-refractivity contribution in [3.8, 4) is 0 Å². The number of amides is 1. The van der Waals surface area contributed by atoms with Crippen LogP contribution in [0.15, 0.2) is 11.1 Å². The van der Waals surface area contributed by atoms with E-state index in [1.165, 1.54) is 6.42 Å². The first kappa shape index (κ1) is 12.7. The average molecular weight is 275 g/mol. The van der Waals surface area contributed by atoms with E-state index in [4.69, 9.17) is 0 Å². The lowest BCUT2D eigenvalue weighted by Gasteiger charge is -2.28. The lowest BCUT2D eigenvalue weighted by atomic mass is 9.90. The van der Waals surface area contributed by atoms with Crippen LogP contribution in [0.4, 0.5) is 0 Å². The maximum atomic E-state index is 11.7. The minimum absolute atomic E-state index is 0.0180. The first-order chi connectivity index (χ1) is 7.13. The molecule has 0 saturated carbocycles. The minimum atomic E-state index is -0.0180. The fourth-order valence-electron chi connectivity index (χ4n) is 1.87. The highest BCUT2D eigenvalue weighted by atomic mass is 79.9. The quantitative estimate of drug-likeness (QED) is 0.821. The zero-order chi connectivity index (χ0) is 11.3. The van der Waals surface area contributed by atoms with Gasteiger partial charge in [0.05, 0.1) is 6.04 Å². The van der Waals surface area contributed by atoms with Crippen LogP contribution in [0.5, 0.6) is 0 Å². The van der Waals surface area contributed by atoms with Gasteiger partial charge in [0.15, 0.2) is 0 Å². The second-order valence-electron chi connectivity index (χ2n) is 4.04. The second kappa shape index (κ2) is 6.28. The number of carbonyl (C=O) groups is 1. The monoisotopic (exact) mass is 274 g/mol. The molecule has 1 heterocycles. The van der Waals surface area contributed by atoms with Gasteiger partial charge in [-0.15, -0.1) is 0 Å². The second-order valence-corrected chi connectivity index (χ2v) is 5.16. The number of nitrogens with one attached hydrogen (secondary N) is 2. The third kappa shape index (κ3) is 4.34. The van der Waals surface area contributed by atoms with Crippen molar-refractivity contribution in [1.29, 1.82) is 0 Å². The van der Waals surface area contributed by atoms with Crippen molar-refractivity contribution in [2.75, 3.05) is 13.1 Å². The van der Waals surface area contributed by atoms with Crippen LogP contribution in [0.3, 0.4) is 0 Å². The van der Waals surface area contributed by atoms with E-state index in [9.17, 15) is 4.79 Å². The maximum Gasteiger partial charge on any atom is 0.237 e. The summed E-state index contributed by atoms with van der Waals surface area (Å²) in [6, 6.07) is -0.0180. The topological polar surface area (TPSA) is 41.1 Å². The molecule has 0 spiro atoms. The van der Waals surface area contributed by atoms with Gasteiger partial charge in [0.1, 0.15) is 0 Å². The zero-order valence-corrected chi connectivity index (χ0v) is 10.8. The molecule has 15 heavy (non-hydrogen) atoms. The highest BCUT2D eigenvalue weighted by molar-refractivity contribution is 9.11. The molecule has 4 heteroatoms. The summed E-state index contributed by atoms with van der Waals surface area (Å²) < 4.78 is 0.804. The molecule has 2 N–H and O–H groups in total. The Morgan fingerprint density at radius 2 is 2.40 bits per heavy atom. The SMILES string of the molecule is C=C(Br)CNC(=O)C1CC(CC)CCN1. The van der Waals surface area contributed by atoms with Crippen LogP contribution in [-0.2, 0) is 4.79 Å². The Labute approximate surface area is 99.8 Å². The van der Waals surface area contributed by atoms with Gasteiger partial charge < -0.3 is 10.6 Å². The molecule has 1 aliphatic heterocycles. The molecule has 0 aromatic carbocycles. The van der Waals surface area contributed by atoms with E-state index in [0.29, 0.717) is 12.5 Å². The van der Waals surface area contributed by atoms with Gasteiger partial charge in [-0.3, -0.25) is 4.79 Å². The van der Waals surface area contributed by atoms with Crippen LogP contribution in [0.1, 0.15) is 26.2 Å². The molecule has 1 aliphatic rings. The Bertz CT molecular complexity index is 243. The average Bonchev–Trinajstić information content (AvgIpc) is 2.26. The van der Waals surface area contributed by atoms with Crippen molar-refractivity contribution in [3.63, 3.8) is 0 Å². The van der Waals surface area contributed by atoms with Crippen molar-refractivity contribution < 1.29 is 4.79 Å². The van der Waals surface area contributed by atoms with Crippen molar-refractivity contribution in [2.24, 2.45) is 5.92 Å². The summed E-state index contributed by atoms with van der Waals surface area (Å²) in [4.78, 5) is 11.7.